The average molecular weight is 425 g/mol. The van der Waals surface area contributed by atoms with Crippen molar-refractivity contribution >= 4 is 48.2 Å². The van der Waals surface area contributed by atoms with Crippen LogP contribution in [0.5, 0.6) is 0 Å². The third kappa shape index (κ3) is 2.83. The number of nitrogens with zero attached hydrogens (tertiary/aromatic N) is 1. The van der Waals surface area contributed by atoms with Crippen molar-refractivity contribution < 1.29 is 8.42 Å². The second kappa shape index (κ2) is 6.29. The van der Waals surface area contributed by atoms with E-state index >= 15 is 0 Å². The van der Waals surface area contributed by atoms with E-state index in [9.17, 15) is 8.42 Å². The summed E-state index contributed by atoms with van der Waals surface area (Å²) in [7, 11) is -3.57. The fourth-order valence-electron chi connectivity index (χ4n) is 3.31. The third-order valence-electron chi connectivity index (χ3n) is 4.45. The molecular formula is C17H17BrN2O2S2. The summed E-state index contributed by atoms with van der Waals surface area (Å²) in [4.78, 5) is 0. The van der Waals surface area contributed by atoms with Crippen molar-refractivity contribution in [2.45, 2.75) is 29.5 Å². The van der Waals surface area contributed by atoms with Crippen molar-refractivity contribution in [1.82, 2.24) is 9.29 Å². The highest BCUT2D eigenvalue weighted by molar-refractivity contribution is 9.11. The molecule has 1 saturated heterocycles. The van der Waals surface area contributed by atoms with Crippen LogP contribution in [0, 0.1) is 0 Å². The van der Waals surface area contributed by atoms with Crippen LogP contribution in [-0.2, 0) is 16.4 Å². The normalized spacial score (nSPS) is 18.5. The van der Waals surface area contributed by atoms with Gasteiger partial charge in [-0.25, -0.2) is 3.97 Å². The largest absolute Gasteiger partial charge is 0.314 e. The first-order valence-electron chi connectivity index (χ1n) is 7.89. The van der Waals surface area contributed by atoms with Crippen LogP contribution in [0.15, 0.2) is 50.6 Å². The number of halogens is 1. The van der Waals surface area contributed by atoms with Gasteiger partial charge in [-0.3, -0.25) is 0 Å². The highest BCUT2D eigenvalue weighted by atomic mass is 79.9. The fourth-order valence-corrected chi connectivity index (χ4v) is 6.80. The number of hydrogen-bond donors (Lipinski definition) is 1. The van der Waals surface area contributed by atoms with E-state index in [1.807, 2.05) is 24.3 Å². The molecule has 0 radical (unpaired) electrons. The maximum atomic E-state index is 13.0. The first-order valence-corrected chi connectivity index (χ1v) is 10.9. The van der Waals surface area contributed by atoms with Gasteiger partial charge in [0.1, 0.15) is 4.21 Å². The zero-order chi connectivity index (χ0) is 16.7. The van der Waals surface area contributed by atoms with Crippen LogP contribution in [-0.4, -0.2) is 25.0 Å². The zero-order valence-corrected chi connectivity index (χ0v) is 16.1. The van der Waals surface area contributed by atoms with E-state index in [2.05, 4.69) is 21.2 Å². The molecule has 2 aromatic heterocycles. The molecule has 1 fully saturated rings. The molecule has 4 rings (SSSR count). The van der Waals surface area contributed by atoms with Gasteiger partial charge >= 0.3 is 0 Å². The summed E-state index contributed by atoms with van der Waals surface area (Å²) < 4.78 is 28.7. The van der Waals surface area contributed by atoms with Gasteiger partial charge in [0.25, 0.3) is 10.0 Å². The number of rotatable bonds is 4. The van der Waals surface area contributed by atoms with E-state index in [-0.39, 0.29) is 0 Å². The SMILES string of the molecule is O=S(=O)(c1ccc(Br)s1)n1cc(C[C@@H]2CCCN2)c2ccccc21. The Bertz CT molecular complexity index is 985. The van der Waals surface area contributed by atoms with Gasteiger partial charge in [0.05, 0.1) is 9.30 Å². The molecule has 7 heteroatoms. The molecule has 0 unspecified atom stereocenters. The first-order chi connectivity index (χ1) is 11.6. The Morgan fingerprint density at radius 3 is 2.79 bits per heavy atom. The van der Waals surface area contributed by atoms with E-state index in [1.165, 1.54) is 21.7 Å². The van der Waals surface area contributed by atoms with Crippen LogP contribution in [0.4, 0.5) is 0 Å². The monoisotopic (exact) mass is 424 g/mol. The number of thiophene rings is 1. The van der Waals surface area contributed by atoms with Crippen molar-refractivity contribution in [2.75, 3.05) is 6.54 Å². The number of para-hydroxylation sites is 1. The summed E-state index contributed by atoms with van der Waals surface area (Å²) in [5.74, 6) is 0. The molecule has 1 aliphatic rings. The van der Waals surface area contributed by atoms with Crippen molar-refractivity contribution in [2.24, 2.45) is 0 Å². The first kappa shape index (κ1) is 16.3. The molecule has 3 heterocycles. The van der Waals surface area contributed by atoms with Crippen LogP contribution in [0.25, 0.3) is 10.9 Å². The molecule has 0 bridgehead atoms. The van der Waals surface area contributed by atoms with Gasteiger partial charge in [0, 0.05) is 17.6 Å². The van der Waals surface area contributed by atoms with Gasteiger partial charge in [-0.1, -0.05) is 18.2 Å². The average Bonchev–Trinajstić information content (AvgIpc) is 3.29. The van der Waals surface area contributed by atoms with Crippen LogP contribution in [0.1, 0.15) is 18.4 Å². The smallest absolute Gasteiger partial charge is 0.277 e. The fraction of sp³-hybridized carbons (Fsp3) is 0.294. The summed E-state index contributed by atoms with van der Waals surface area (Å²) in [6.07, 6.45) is 4.99. The Morgan fingerprint density at radius 1 is 1.25 bits per heavy atom. The van der Waals surface area contributed by atoms with E-state index < -0.39 is 10.0 Å². The maximum Gasteiger partial charge on any atom is 0.277 e. The van der Waals surface area contributed by atoms with Gasteiger partial charge in [-0.15, -0.1) is 11.3 Å². The lowest BCUT2D eigenvalue weighted by Crippen LogP contribution is -2.23. The van der Waals surface area contributed by atoms with Gasteiger partial charge in [0.15, 0.2) is 0 Å². The zero-order valence-electron chi connectivity index (χ0n) is 12.9. The Kier molecular flexibility index (Phi) is 4.28. The molecule has 0 saturated carbocycles. The Morgan fingerprint density at radius 2 is 2.08 bits per heavy atom. The summed E-state index contributed by atoms with van der Waals surface area (Å²) in [5.41, 5.74) is 1.83. The van der Waals surface area contributed by atoms with Crippen molar-refractivity contribution in [3.63, 3.8) is 0 Å². The molecule has 1 aromatic carbocycles. The Labute approximate surface area is 153 Å². The molecule has 0 amide bonds. The van der Waals surface area contributed by atoms with E-state index in [0.29, 0.717) is 10.3 Å². The minimum absolute atomic E-state index is 0.348. The minimum Gasteiger partial charge on any atom is -0.314 e. The molecule has 1 aliphatic heterocycles. The van der Waals surface area contributed by atoms with Crippen molar-refractivity contribution in [3.05, 3.63) is 51.9 Å². The van der Waals surface area contributed by atoms with E-state index in [0.717, 1.165) is 39.6 Å². The van der Waals surface area contributed by atoms with Gasteiger partial charge in [-0.2, -0.15) is 8.42 Å². The maximum absolute atomic E-state index is 13.0. The molecule has 4 nitrogen and oxygen atoms in total. The molecule has 24 heavy (non-hydrogen) atoms. The van der Waals surface area contributed by atoms with Crippen molar-refractivity contribution in [1.29, 1.82) is 0 Å². The predicted octanol–water partition coefficient (Wildman–Crippen LogP) is 4.00. The highest BCUT2D eigenvalue weighted by Crippen LogP contribution is 2.32. The van der Waals surface area contributed by atoms with E-state index in [1.54, 1.807) is 18.3 Å². The minimum atomic E-state index is -3.57. The summed E-state index contributed by atoms with van der Waals surface area (Å²) in [6, 6.07) is 11.6. The number of hydrogen-bond acceptors (Lipinski definition) is 4. The van der Waals surface area contributed by atoms with Crippen LogP contribution < -0.4 is 5.32 Å². The molecular weight excluding hydrogens is 408 g/mol. The number of nitrogens with one attached hydrogen (secondary N) is 1. The van der Waals surface area contributed by atoms with Gasteiger partial charge < -0.3 is 5.32 Å². The molecule has 126 valence electrons. The van der Waals surface area contributed by atoms with Crippen LogP contribution in [0.2, 0.25) is 0 Å². The molecule has 1 atom stereocenters. The molecule has 0 aliphatic carbocycles. The topological polar surface area (TPSA) is 51.1 Å². The molecule has 3 aromatic rings. The second-order valence-corrected chi connectivity index (χ2v) is 10.5. The van der Waals surface area contributed by atoms with Crippen LogP contribution >= 0.6 is 27.3 Å². The molecule has 0 spiro atoms. The van der Waals surface area contributed by atoms with Crippen molar-refractivity contribution in [3.8, 4) is 0 Å². The van der Waals surface area contributed by atoms with Crippen LogP contribution in [0.3, 0.4) is 0 Å². The predicted molar refractivity (Wildman–Crippen MR) is 101 cm³/mol. The lowest BCUT2D eigenvalue weighted by atomic mass is 10.0. The highest BCUT2D eigenvalue weighted by Gasteiger charge is 2.24. The quantitative estimate of drug-likeness (QED) is 0.688. The number of benzene rings is 1. The standard InChI is InChI=1S/C17H17BrN2O2S2/c18-16-7-8-17(23-16)24(21,22)20-11-12(10-13-4-3-9-19-13)14-5-1-2-6-15(14)20/h1-2,5-8,11,13,19H,3-4,9-10H2/t13-/m0/s1. The Balaban J connectivity index is 1.83. The molecule has 1 N–H and O–H groups in total. The summed E-state index contributed by atoms with van der Waals surface area (Å²) in [6.45, 7) is 1.05. The van der Waals surface area contributed by atoms with Gasteiger partial charge in [-0.05, 0) is 65.5 Å². The van der Waals surface area contributed by atoms with E-state index in [4.69, 9.17) is 0 Å². The lowest BCUT2D eigenvalue weighted by molar-refractivity contribution is 0.589. The summed E-state index contributed by atoms with van der Waals surface area (Å²) in [5, 5.41) is 4.51. The van der Waals surface area contributed by atoms with Gasteiger partial charge in [0.2, 0.25) is 0 Å². The third-order valence-corrected chi connectivity index (χ3v) is 8.22. The Hall–Kier alpha value is -1.15. The summed E-state index contributed by atoms with van der Waals surface area (Å²) >= 11 is 4.58. The second-order valence-electron chi connectivity index (χ2n) is 6.03. The number of aromatic nitrogens is 1. The lowest BCUT2D eigenvalue weighted by Gasteiger charge is -2.08. The number of fused-ring (bicyclic) bond motifs is 1.